The smallest absolute Gasteiger partial charge is 0.357 e. The van der Waals surface area contributed by atoms with Crippen molar-refractivity contribution in [1.29, 1.82) is 5.26 Å². The van der Waals surface area contributed by atoms with Crippen LogP contribution in [0, 0.1) is 18.3 Å². The van der Waals surface area contributed by atoms with Crippen LogP contribution in [0.4, 0.5) is 14.5 Å². The van der Waals surface area contributed by atoms with E-state index in [4.69, 9.17) is 5.26 Å². The minimum Gasteiger partial charge on any atom is -0.357 e. The number of hydrogen-bond acceptors (Lipinski definition) is 3. The second-order valence-electron chi connectivity index (χ2n) is 6.44. The van der Waals surface area contributed by atoms with Gasteiger partial charge in [0.1, 0.15) is 11.8 Å². The molecule has 1 N–H and O–H groups in total. The van der Waals surface area contributed by atoms with E-state index in [1.807, 2.05) is 30.3 Å². The molecule has 1 aromatic heterocycles. The summed E-state index contributed by atoms with van der Waals surface area (Å²) in [7, 11) is 0. The lowest BCUT2D eigenvalue weighted by Gasteiger charge is -2.44. The minimum absolute atomic E-state index is 0.129. The average Bonchev–Trinajstić information content (AvgIpc) is 2.56. The molecule has 1 aliphatic carbocycles. The Morgan fingerprint density at radius 1 is 1.24 bits per heavy atom. The Bertz CT molecular complexity index is 834. The fourth-order valence-corrected chi connectivity index (χ4v) is 3.28. The van der Waals surface area contributed by atoms with Gasteiger partial charge in [0.15, 0.2) is 0 Å². The van der Waals surface area contributed by atoms with E-state index >= 15 is 0 Å². The fraction of sp³-hybridized carbons (Fsp3) is 0.300. The normalized spacial score (nSPS) is 15.8. The number of nitrogens with one attached hydrogen (secondary N) is 1. The van der Waals surface area contributed by atoms with E-state index in [0.717, 1.165) is 30.9 Å². The number of aromatic nitrogens is 1. The fourth-order valence-electron chi connectivity index (χ4n) is 3.28. The predicted molar refractivity (Wildman–Crippen MR) is 93.2 cm³/mol. The van der Waals surface area contributed by atoms with Crippen molar-refractivity contribution in [2.24, 2.45) is 0 Å². The third-order valence-corrected chi connectivity index (χ3v) is 4.87. The number of pyridine rings is 1. The van der Waals surface area contributed by atoms with Crippen molar-refractivity contribution < 1.29 is 8.78 Å². The van der Waals surface area contributed by atoms with Gasteiger partial charge in [0, 0.05) is 16.8 Å². The molecular formula is C20H19F2N3. The van der Waals surface area contributed by atoms with Gasteiger partial charge >= 0.3 is 5.92 Å². The van der Waals surface area contributed by atoms with E-state index in [9.17, 15) is 8.78 Å². The van der Waals surface area contributed by atoms with Crippen LogP contribution in [0.15, 0.2) is 54.7 Å². The molecule has 5 heteroatoms. The highest BCUT2D eigenvalue weighted by molar-refractivity contribution is 5.58. The summed E-state index contributed by atoms with van der Waals surface area (Å²) in [5, 5.41) is 11.8. The molecule has 0 amide bonds. The van der Waals surface area contributed by atoms with Gasteiger partial charge < -0.3 is 5.32 Å². The van der Waals surface area contributed by atoms with Crippen molar-refractivity contribution in [2.45, 2.75) is 37.5 Å². The first kappa shape index (κ1) is 17.1. The van der Waals surface area contributed by atoms with Crippen LogP contribution in [0.1, 0.15) is 36.2 Å². The molecule has 0 unspecified atom stereocenters. The monoisotopic (exact) mass is 339 g/mol. The van der Waals surface area contributed by atoms with Gasteiger partial charge in [0.25, 0.3) is 0 Å². The molecule has 0 radical (unpaired) electrons. The van der Waals surface area contributed by atoms with E-state index in [1.54, 1.807) is 13.0 Å². The Kier molecular flexibility index (Phi) is 4.30. The van der Waals surface area contributed by atoms with Gasteiger partial charge in [0.2, 0.25) is 0 Å². The minimum atomic E-state index is -3.66. The Balaban J connectivity index is 1.95. The van der Waals surface area contributed by atoms with Crippen LogP contribution in [0.2, 0.25) is 0 Å². The summed E-state index contributed by atoms with van der Waals surface area (Å²) in [6.07, 6.45) is 2.88. The average molecular weight is 339 g/mol. The number of anilines is 1. The van der Waals surface area contributed by atoms with Crippen LogP contribution < -0.4 is 5.32 Å². The van der Waals surface area contributed by atoms with E-state index in [0.29, 0.717) is 11.4 Å². The molecule has 1 heterocycles. The quantitative estimate of drug-likeness (QED) is 0.829. The third kappa shape index (κ3) is 3.00. The van der Waals surface area contributed by atoms with Crippen LogP contribution in [0.3, 0.4) is 0 Å². The number of rotatable bonds is 5. The highest BCUT2D eigenvalue weighted by Crippen LogP contribution is 2.49. The summed E-state index contributed by atoms with van der Waals surface area (Å²) in [5.41, 5.74) is 1.51. The largest absolute Gasteiger partial charge is 0.375 e. The van der Waals surface area contributed by atoms with E-state index in [2.05, 4.69) is 16.9 Å². The number of hydrogen-bond donors (Lipinski definition) is 1. The van der Waals surface area contributed by atoms with Gasteiger partial charge in [-0.15, -0.1) is 0 Å². The molecule has 2 aromatic rings. The van der Waals surface area contributed by atoms with E-state index in [1.165, 1.54) is 6.07 Å². The first-order valence-electron chi connectivity index (χ1n) is 8.18. The van der Waals surface area contributed by atoms with Crippen LogP contribution >= 0.6 is 0 Å². The Labute approximate surface area is 146 Å². The van der Waals surface area contributed by atoms with Crippen LogP contribution in [-0.2, 0) is 11.3 Å². The maximum atomic E-state index is 14.0. The summed E-state index contributed by atoms with van der Waals surface area (Å²) in [6.45, 7) is 5.74. The lowest BCUT2D eigenvalue weighted by molar-refractivity contribution is 0.0570. The molecule has 0 bridgehead atoms. The summed E-state index contributed by atoms with van der Waals surface area (Å²) >= 11 is 0. The molecule has 1 aliphatic rings. The van der Waals surface area contributed by atoms with Crippen molar-refractivity contribution in [3.8, 4) is 6.07 Å². The molecule has 3 rings (SSSR count). The van der Waals surface area contributed by atoms with Crippen molar-refractivity contribution in [3.05, 3.63) is 71.7 Å². The maximum absolute atomic E-state index is 14.0. The second kappa shape index (κ2) is 6.29. The first-order valence-corrected chi connectivity index (χ1v) is 8.18. The zero-order valence-corrected chi connectivity index (χ0v) is 14.0. The molecule has 1 saturated carbocycles. The molecule has 1 fully saturated rings. The highest BCUT2D eigenvalue weighted by atomic mass is 19.3. The Morgan fingerprint density at radius 2 is 1.92 bits per heavy atom. The summed E-state index contributed by atoms with van der Waals surface area (Å²) in [6, 6.07) is 14.1. The van der Waals surface area contributed by atoms with Crippen LogP contribution in [0.5, 0.6) is 0 Å². The third-order valence-electron chi connectivity index (χ3n) is 4.87. The Morgan fingerprint density at radius 3 is 2.48 bits per heavy atom. The number of halogens is 2. The standard InChI is InChI=1S/C20H19F2N3/c1-14-9-10-17(18(24-14)20(21,22)13-23)25-15(2)19(11-6-12-19)16-7-4-3-5-8-16/h3-5,7-10,25H,2,6,11-12H2,1H3. The summed E-state index contributed by atoms with van der Waals surface area (Å²) in [5.74, 6) is -3.66. The van der Waals surface area contributed by atoms with Gasteiger partial charge in [-0.2, -0.15) is 14.0 Å². The second-order valence-corrected chi connectivity index (χ2v) is 6.44. The number of aryl methyl sites for hydroxylation is 1. The number of nitriles is 1. The Hall–Kier alpha value is -2.74. The SMILES string of the molecule is C=C(Nc1ccc(C)nc1C(F)(F)C#N)C1(c2ccccc2)CCC1. The van der Waals surface area contributed by atoms with Crippen molar-refractivity contribution in [1.82, 2.24) is 4.98 Å². The summed E-state index contributed by atoms with van der Waals surface area (Å²) < 4.78 is 28.0. The lowest BCUT2D eigenvalue weighted by Crippen LogP contribution is -2.39. The zero-order valence-electron chi connectivity index (χ0n) is 14.0. The summed E-state index contributed by atoms with van der Waals surface area (Å²) in [4.78, 5) is 3.89. The number of allylic oxidation sites excluding steroid dienone is 1. The van der Waals surface area contributed by atoms with Gasteiger partial charge in [-0.1, -0.05) is 43.3 Å². The molecule has 0 saturated heterocycles. The van der Waals surface area contributed by atoms with Crippen molar-refractivity contribution >= 4 is 5.69 Å². The molecule has 0 aliphatic heterocycles. The van der Waals surface area contributed by atoms with E-state index in [-0.39, 0.29) is 11.1 Å². The predicted octanol–water partition coefficient (Wildman–Crippen LogP) is 5.05. The maximum Gasteiger partial charge on any atom is 0.375 e. The van der Waals surface area contributed by atoms with Gasteiger partial charge in [-0.25, -0.2) is 4.98 Å². The topological polar surface area (TPSA) is 48.7 Å². The van der Waals surface area contributed by atoms with E-state index < -0.39 is 11.6 Å². The zero-order chi connectivity index (χ0) is 18.1. The molecule has 3 nitrogen and oxygen atoms in total. The number of alkyl halides is 2. The van der Waals surface area contributed by atoms with Crippen LogP contribution in [0.25, 0.3) is 0 Å². The number of nitrogens with zero attached hydrogens (tertiary/aromatic N) is 2. The lowest BCUT2D eigenvalue weighted by atomic mass is 9.62. The molecule has 25 heavy (non-hydrogen) atoms. The van der Waals surface area contributed by atoms with Crippen molar-refractivity contribution in [2.75, 3.05) is 5.32 Å². The molecule has 128 valence electrons. The van der Waals surface area contributed by atoms with Crippen LogP contribution in [-0.4, -0.2) is 4.98 Å². The molecule has 1 aromatic carbocycles. The van der Waals surface area contributed by atoms with Crippen molar-refractivity contribution in [3.63, 3.8) is 0 Å². The first-order chi connectivity index (χ1) is 11.9. The molecule has 0 atom stereocenters. The van der Waals surface area contributed by atoms with Gasteiger partial charge in [0.05, 0.1) is 5.69 Å². The molecular weight excluding hydrogens is 320 g/mol. The molecule has 0 spiro atoms. The highest BCUT2D eigenvalue weighted by Gasteiger charge is 2.42. The number of benzene rings is 1. The van der Waals surface area contributed by atoms with Gasteiger partial charge in [-0.05, 0) is 37.5 Å². The van der Waals surface area contributed by atoms with Gasteiger partial charge in [-0.3, -0.25) is 0 Å².